The summed E-state index contributed by atoms with van der Waals surface area (Å²) in [5.41, 5.74) is 1.81. The van der Waals surface area contributed by atoms with Crippen molar-refractivity contribution in [3.63, 3.8) is 0 Å². The molecule has 0 spiro atoms. The summed E-state index contributed by atoms with van der Waals surface area (Å²) in [7, 11) is 0. The molecule has 0 unspecified atom stereocenters. The minimum Gasteiger partial charge on any atom is -0.328 e. The van der Waals surface area contributed by atoms with Gasteiger partial charge in [0.2, 0.25) is 0 Å². The van der Waals surface area contributed by atoms with Crippen molar-refractivity contribution in [2.75, 3.05) is 0 Å². The largest absolute Gasteiger partial charge is 0.328 e. The number of aromatic amines is 1. The zero-order valence-corrected chi connectivity index (χ0v) is 13.7. The Labute approximate surface area is 132 Å². The van der Waals surface area contributed by atoms with E-state index in [0.717, 1.165) is 29.9 Å². The third-order valence-electron chi connectivity index (χ3n) is 4.21. The molecule has 2 aromatic heterocycles. The second-order valence-electron chi connectivity index (χ2n) is 5.70. The van der Waals surface area contributed by atoms with Gasteiger partial charge in [0.25, 0.3) is 5.56 Å². The Morgan fingerprint density at radius 2 is 1.73 bits per heavy atom. The molecule has 1 aliphatic rings. The van der Waals surface area contributed by atoms with E-state index in [0.29, 0.717) is 11.7 Å². The lowest BCUT2D eigenvalue weighted by atomic mass is 9.79. The van der Waals surface area contributed by atoms with Gasteiger partial charge in [0.15, 0.2) is 5.82 Å². The minimum atomic E-state index is 0.0317. The van der Waals surface area contributed by atoms with E-state index in [-0.39, 0.29) is 5.56 Å². The summed E-state index contributed by atoms with van der Waals surface area (Å²) < 4.78 is 0. The first-order chi connectivity index (χ1) is 10.7. The van der Waals surface area contributed by atoms with Gasteiger partial charge in [-0.25, -0.2) is 9.97 Å². The molecule has 0 radical (unpaired) electrons. The van der Waals surface area contributed by atoms with Gasteiger partial charge < -0.3 is 4.98 Å². The maximum atomic E-state index is 12.1. The van der Waals surface area contributed by atoms with Crippen molar-refractivity contribution in [1.29, 1.82) is 0 Å². The molecule has 118 valence electrons. The van der Waals surface area contributed by atoms with Crippen molar-refractivity contribution in [3.05, 3.63) is 46.6 Å². The Bertz CT molecular complexity index is 628. The van der Waals surface area contributed by atoms with Gasteiger partial charge >= 0.3 is 0 Å². The molecule has 0 aliphatic heterocycles. The smallest absolute Gasteiger partial charge is 0.251 e. The molecule has 4 nitrogen and oxygen atoms in total. The number of nitrogens with zero attached hydrogens (tertiary/aromatic N) is 2. The van der Waals surface area contributed by atoms with Gasteiger partial charge in [-0.2, -0.15) is 0 Å². The number of hydrogen-bond donors (Lipinski definition) is 1. The van der Waals surface area contributed by atoms with Crippen molar-refractivity contribution >= 4 is 0 Å². The van der Waals surface area contributed by atoms with Gasteiger partial charge in [-0.05, 0) is 36.8 Å². The molecule has 4 heteroatoms. The Hall–Kier alpha value is -1.97. The third kappa shape index (κ3) is 3.81. The van der Waals surface area contributed by atoms with E-state index in [4.69, 9.17) is 0 Å². The molecule has 2 heterocycles. The molecule has 0 bridgehead atoms. The van der Waals surface area contributed by atoms with Crippen LogP contribution in [0.3, 0.4) is 0 Å². The summed E-state index contributed by atoms with van der Waals surface area (Å²) in [5, 5.41) is 0. The van der Waals surface area contributed by atoms with Crippen LogP contribution in [0.2, 0.25) is 0 Å². The normalized spacial score (nSPS) is 20.9. The van der Waals surface area contributed by atoms with Crippen LogP contribution in [0.5, 0.6) is 0 Å². The average Bonchev–Trinajstić information content (AvgIpc) is 2.59. The molecule has 2 aromatic rings. The summed E-state index contributed by atoms with van der Waals surface area (Å²) >= 11 is 0. The van der Waals surface area contributed by atoms with Crippen molar-refractivity contribution in [2.45, 2.75) is 52.4 Å². The van der Waals surface area contributed by atoms with Gasteiger partial charge in [0.05, 0.1) is 0 Å². The monoisotopic (exact) mass is 299 g/mol. The lowest BCUT2D eigenvalue weighted by molar-refractivity contribution is 0.346. The molecule has 1 N–H and O–H groups in total. The molecule has 0 atom stereocenters. The topological polar surface area (TPSA) is 58.6 Å². The first-order valence-electron chi connectivity index (χ1n) is 8.24. The highest BCUT2D eigenvalue weighted by Crippen LogP contribution is 2.34. The zero-order valence-electron chi connectivity index (χ0n) is 13.7. The average molecular weight is 299 g/mol. The van der Waals surface area contributed by atoms with E-state index in [1.165, 1.54) is 12.8 Å². The van der Waals surface area contributed by atoms with Gasteiger partial charge in [0.1, 0.15) is 0 Å². The molecule has 22 heavy (non-hydrogen) atoms. The predicted octanol–water partition coefficient (Wildman–Crippen LogP) is 4.15. The van der Waals surface area contributed by atoms with E-state index in [1.54, 1.807) is 24.7 Å². The second kappa shape index (κ2) is 7.87. The van der Waals surface area contributed by atoms with Gasteiger partial charge in [-0.3, -0.25) is 4.79 Å². The Balaban J connectivity index is 0.000000847. The molecule has 1 aliphatic carbocycles. The Kier molecular flexibility index (Phi) is 5.87. The van der Waals surface area contributed by atoms with Crippen LogP contribution in [0.25, 0.3) is 11.4 Å². The zero-order chi connectivity index (χ0) is 15.9. The van der Waals surface area contributed by atoms with Crippen molar-refractivity contribution in [1.82, 2.24) is 15.0 Å². The van der Waals surface area contributed by atoms with Crippen LogP contribution in [-0.4, -0.2) is 15.0 Å². The first-order valence-corrected chi connectivity index (χ1v) is 8.24. The van der Waals surface area contributed by atoms with Crippen LogP contribution < -0.4 is 5.56 Å². The van der Waals surface area contributed by atoms with Crippen LogP contribution in [0.1, 0.15) is 57.9 Å². The summed E-state index contributed by atoms with van der Waals surface area (Å²) in [6, 6.07) is 3.76. The highest BCUT2D eigenvalue weighted by molar-refractivity contribution is 5.54. The van der Waals surface area contributed by atoms with Crippen LogP contribution in [0.4, 0.5) is 0 Å². The third-order valence-corrected chi connectivity index (χ3v) is 4.21. The summed E-state index contributed by atoms with van der Waals surface area (Å²) in [6.07, 6.45) is 9.75. The summed E-state index contributed by atoms with van der Waals surface area (Å²) in [6.45, 7) is 6.29. The molecule has 1 fully saturated rings. The first kappa shape index (κ1) is 16.4. The van der Waals surface area contributed by atoms with Crippen LogP contribution >= 0.6 is 0 Å². The highest BCUT2D eigenvalue weighted by atomic mass is 16.1. The van der Waals surface area contributed by atoms with Gasteiger partial charge in [-0.15, -0.1) is 0 Å². The highest BCUT2D eigenvalue weighted by Gasteiger charge is 2.22. The van der Waals surface area contributed by atoms with E-state index in [2.05, 4.69) is 21.9 Å². The lowest BCUT2D eigenvalue weighted by Crippen LogP contribution is -2.20. The number of aromatic nitrogens is 3. The quantitative estimate of drug-likeness (QED) is 0.906. The molecule has 1 saturated carbocycles. The van der Waals surface area contributed by atoms with Crippen molar-refractivity contribution < 1.29 is 0 Å². The Morgan fingerprint density at radius 1 is 1.09 bits per heavy atom. The van der Waals surface area contributed by atoms with E-state index in [9.17, 15) is 4.79 Å². The van der Waals surface area contributed by atoms with E-state index in [1.807, 2.05) is 19.9 Å². The fourth-order valence-corrected chi connectivity index (χ4v) is 2.95. The van der Waals surface area contributed by atoms with Crippen molar-refractivity contribution in [3.8, 4) is 11.4 Å². The summed E-state index contributed by atoms with van der Waals surface area (Å²) in [5.74, 6) is 1.82. The standard InChI is InChI=1S/C16H19N3O.C2H6/c1-11-3-5-12(6-4-11)14-9-13(10-19-16(14)20)15-17-7-2-8-18-15;1-2/h2,7-12H,3-6H2,1H3,(H,19,20);1-2H3. The number of H-pyrrole nitrogens is 1. The van der Waals surface area contributed by atoms with Crippen molar-refractivity contribution in [2.24, 2.45) is 5.92 Å². The SMILES string of the molecule is CC.CC1CCC(c2cc(-c3ncccn3)c[nH]c2=O)CC1. The lowest BCUT2D eigenvalue weighted by Gasteiger charge is -2.25. The van der Waals surface area contributed by atoms with E-state index >= 15 is 0 Å². The minimum absolute atomic E-state index is 0.0317. The van der Waals surface area contributed by atoms with Gasteiger partial charge in [0, 0.05) is 29.7 Å². The number of rotatable bonds is 2. The van der Waals surface area contributed by atoms with Crippen LogP contribution in [0.15, 0.2) is 35.5 Å². The molecular formula is C18H25N3O. The Morgan fingerprint density at radius 3 is 2.36 bits per heavy atom. The van der Waals surface area contributed by atoms with Crippen LogP contribution in [-0.2, 0) is 0 Å². The molecule has 3 rings (SSSR count). The fraction of sp³-hybridized carbons (Fsp3) is 0.500. The maximum Gasteiger partial charge on any atom is 0.251 e. The fourth-order valence-electron chi connectivity index (χ4n) is 2.95. The summed E-state index contributed by atoms with van der Waals surface area (Å²) in [4.78, 5) is 23.4. The van der Waals surface area contributed by atoms with Gasteiger partial charge in [-0.1, -0.05) is 33.6 Å². The molecular weight excluding hydrogens is 274 g/mol. The number of pyridine rings is 1. The van der Waals surface area contributed by atoms with E-state index < -0.39 is 0 Å². The predicted molar refractivity (Wildman–Crippen MR) is 89.8 cm³/mol. The second-order valence-corrected chi connectivity index (χ2v) is 5.70. The number of nitrogens with one attached hydrogen (secondary N) is 1. The molecule has 0 saturated heterocycles. The number of hydrogen-bond acceptors (Lipinski definition) is 3. The maximum absolute atomic E-state index is 12.1. The molecule has 0 amide bonds. The van der Waals surface area contributed by atoms with Crippen LogP contribution in [0, 0.1) is 5.92 Å². The molecule has 0 aromatic carbocycles.